The van der Waals surface area contributed by atoms with E-state index in [9.17, 15) is 0 Å². The quantitative estimate of drug-likeness (QED) is 0.352. The van der Waals surface area contributed by atoms with Crippen molar-refractivity contribution in [2.75, 3.05) is 0 Å². The average molecular weight is 435 g/mol. The first-order valence-corrected chi connectivity index (χ1v) is 12.3. The van der Waals surface area contributed by atoms with Crippen LogP contribution in [-0.2, 0) is 5.41 Å². The van der Waals surface area contributed by atoms with Crippen LogP contribution >= 0.6 is 0 Å². The summed E-state index contributed by atoms with van der Waals surface area (Å²) in [5.41, 5.74) is 13.2. The molecule has 1 aliphatic rings. The Labute approximate surface area is 201 Å². The van der Waals surface area contributed by atoms with Crippen molar-refractivity contribution in [2.24, 2.45) is 11.8 Å². The predicted octanol–water partition coefficient (Wildman–Crippen LogP) is 8.64. The first kappa shape index (κ1) is 23.3. The highest BCUT2D eigenvalue weighted by atomic mass is 14.5. The Morgan fingerprint density at radius 2 is 0.879 bits per heavy atom. The molecule has 0 N–H and O–H groups in total. The fourth-order valence-electron chi connectivity index (χ4n) is 5.87. The van der Waals surface area contributed by atoms with Gasteiger partial charge in [0, 0.05) is 5.92 Å². The zero-order valence-electron chi connectivity index (χ0n) is 21.6. The van der Waals surface area contributed by atoms with Gasteiger partial charge >= 0.3 is 0 Å². The molecule has 3 aromatic carbocycles. The van der Waals surface area contributed by atoms with E-state index in [1.807, 2.05) is 0 Å². The van der Waals surface area contributed by atoms with Crippen LogP contribution < -0.4 is 0 Å². The second-order valence-corrected chi connectivity index (χ2v) is 10.6. The minimum atomic E-state index is -0.294. The smallest absolute Gasteiger partial charge is 0.0549 e. The van der Waals surface area contributed by atoms with Crippen molar-refractivity contribution < 1.29 is 0 Å². The number of allylic oxidation sites excluding steroid dienone is 4. The molecule has 0 saturated heterocycles. The third-order valence-electron chi connectivity index (χ3n) is 7.07. The molecule has 1 atom stereocenters. The van der Waals surface area contributed by atoms with Crippen molar-refractivity contribution in [3.63, 3.8) is 0 Å². The van der Waals surface area contributed by atoms with Crippen molar-refractivity contribution in [1.82, 2.24) is 0 Å². The molecule has 4 rings (SSSR count). The maximum Gasteiger partial charge on any atom is 0.0549 e. The normalized spacial score (nSPS) is 15.9. The molecule has 0 aromatic heterocycles. The number of aryl methyl sites for hydroxylation is 6. The molecule has 0 nitrogen and oxygen atoms in total. The molecule has 0 saturated carbocycles. The number of benzene rings is 3. The molecule has 0 heteroatoms. The molecule has 33 heavy (non-hydrogen) atoms. The molecule has 0 radical (unpaired) electrons. The van der Waals surface area contributed by atoms with Gasteiger partial charge in [-0.3, -0.25) is 0 Å². The lowest BCUT2D eigenvalue weighted by Gasteiger charge is -2.41. The molecule has 0 amide bonds. The Hall–Kier alpha value is -2.86. The molecular formula is C33H38. The first-order chi connectivity index (χ1) is 15.6. The summed E-state index contributed by atoms with van der Waals surface area (Å²) in [6, 6.07) is 21.4. The molecule has 3 aromatic rings. The minimum Gasteiger partial charge on any atom is -0.0758 e. The van der Waals surface area contributed by atoms with Crippen molar-refractivity contribution in [2.45, 2.75) is 60.8 Å². The number of hydrogen-bond acceptors (Lipinski definition) is 0. The maximum absolute atomic E-state index is 2.53. The molecule has 0 fully saturated rings. The Bertz CT molecular complexity index is 1060. The van der Waals surface area contributed by atoms with Gasteiger partial charge in [-0.05, 0) is 69.7 Å². The van der Waals surface area contributed by atoms with Gasteiger partial charge in [-0.25, -0.2) is 0 Å². The summed E-state index contributed by atoms with van der Waals surface area (Å²) in [7, 11) is 0. The topological polar surface area (TPSA) is 0 Å². The van der Waals surface area contributed by atoms with Crippen molar-refractivity contribution in [3.8, 4) is 0 Å². The minimum absolute atomic E-state index is 0.249. The summed E-state index contributed by atoms with van der Waals surface area (Å²) in [5.74, 6) is 0.764. The fraction of sp³-hybridized carbons (Fsp3) is 0.333. The van der Waals surface area contributed by atoms with Gasteiger partial charge in [0.05, 0.1) is 5.41 Å². The third-order valence-corrected chi connectivity index (χ3v) is 7.07. The zero-order valence-corrected chi connectivity index (χ0v) is 21.6. The van der Waals surface area contributed by atoms with E-state index in [2.05, 4.69) is 128 Å². The van der Waals surface area contributed by atoms with Crippen LogP contribution in [0.4, 0.5) is 0 Å². The Balaban J connectivity index is 2.18. The maximum atomic E-state index is 2.53. The zero-order chi connectivity index (χ0) is 23.9. The monoisotopic (exact) mass is 434 g/mol. The van der Waals surface area contributed by atoms with Gasteiger partial charge in [0.15, 0.2) is 0 Å². The largest absolute Gasteiger partial charge is 0.0758 e. The molecule has 170 valence electrons. The Morgan fingerprint density at radius 1 is 0.545 bits per heavy atom. The molecule has 1 unspecified atom stereocenters. The highest BCUT2D eigenvalue weighted by Gasteiger charge is 2.43. The van der Waals surface area contributed by atoms with Gasteiger partial charge in [0.2, 0.25) is 0 Å². The molecule has 0 spiro atoms. The summed E-state index contributed by atoms with van der Waals surface area (Å²) in [6.45, 7) is 18.0. The first-order valence-electron chi connectivity index (χ1n) is 12.3. The fourth-order valence-corrected chi connectivity index (χ4v) is 5.87. The van der Waals surface area contributed by atoms with Crippen molar-refractivity contribution in [3.05, 3.63) is 128 Å². The molecule has 0 heterocycles. The molecule has 1 aliphatic carbocycles. The Morgan fingerprint density at radius 3 is 1.15 bits per heavy atom. The van der Waals surface area contributed by atoms with Gasteiger partial charge in [-0.15, -0.1) is 0 Å². The van der Waals surface area contributed by atoms with E-state index in [1.54, 1.807) is 0 Å². The van der Waals surface area contributed by atoms with Gasteiger partial charge in [-0.1, -0.05) is 120 Å². The summed E-state index contributed by atoms with van der Waals surface area (Å²) in [4.78, 5) is 0. The summed E-state index contributed by atoms with van der Waals surface area (Å²) in [6.07, 6.45) is 7.33. The van der Waals surface area contributed by atoms with E-state index in [-0.39, 0.29) is 11.3 Å². The summed E-state index contributed by atoms with van der Waals surface area (Å²) < 4.78 is 0. The molecule has 0 bridgehead atoms. The van der Waals surface area contributed by atoms with Crippen LogP contribution in [0.5, 0.6) is 0 Å². The van der Waals surface area contributed by atoms with Crippen molar-refractivity contribution >= 4 is 0 Å². The molecular weight excluding hydrogens is 396 g/mol. The van der Waals surface area contributed by atoms with Crippen LogP contribution in [0.2, 0.25) is 0 Å². The van der Waals surface area contributed by atoms with Crippen LogP contribution in [-0.4, -0.2) is 0 Å². The summed E-state index contributed by atoms with van der Waals surface area (Å²) >= 11 is 0. The lowest BCUT2D eigenvalue weighted by atomic mass is 9.61. The van der Waals surface area contributed by atoms with Gasteiger partial charge < -0.3 is 0 Å². The highest BCUT2D eigenvalue weighted by Crippen LogP contribution is 2.50. The predicted molar refractivity (Wildman–Crippen MR) is 143 cm³/mol. The second-order valence-electron chi connectivity index (χ2n) is 10.6. The van der Waals surface area contributed by atoms with Crippen LogP contribution in [0.15, 0.2) is 78.4 Å². The summed E-state index contributed by atoms with van der Waals surface area (Å²) in [5, 5.41) is 0. The average Bonchev–Trinajstić information content (AvgIpc) is 3.17. The highest BCUT2D eigenvalue weighted by molar-refractivity contribution is 5.59. The van der Waals surface area contributed by atoms with E-state index in [0.29, 0.717) is 5.92 Å². The van der Waals surface area contributed by atoms with Crippen LogP contribution in [0.1, 0.15) is 63.9 Å². The van der Waals surface area contributed by atoms with E-state index < -0.39 is 0 Å². The second kappa shape index (κ2) is 8.82. The van der Waals surface area contributed by atoms with E-state index in [1.165, 1.54) is 55.6 Å². The van der Waals surface area contributed by atoms with E-state index in [0.717, 1.165) is 0 Å². The van der Waals surface area contributed by atoms with E-state index >= 15 is 0 Å². The number of rotatable bonds is 5. The third kappa shape index (κ3) is 4.36. The van der Waals surface area contributed by atoms with E-state index in [4.69, 9.17) is 0 Å². The van der Waals surface area contributed by atoms with Gasteiger partial charge in [0.25, 0.3) is 0 Å². The van der Waals surface area contributed by atoms with Crippen molar-refractivity contribution in [1.29, 1.82) is 0 Å². The Kier molecular flexibility index (Phi) is 6.23. The van der Waals surface area contributed by atoms with Crippen LogP contribution in [0, 0.1) is 53.4 Å². The van der Waals surface area contributed by atoms with Gasteiger partial charge in [-0.2, -0.15) is 0 Å². The SMILES string of the molecule is Cc1cc(C)cc(C(c2cc(C)cc(C)c2)(c2cc(C)cc(C)c2)C2C=CC(C(C)C)=C2)c1. The molecule has 0 aliphatic heterocycles. The number of hydrogen-bond donors (Lipinski definition) is 0. The lowest BCUT2D eigenvalue weighted by molar-refractivity contribution is 0.524. The van der Waals surface area contributed by atoms with Crippen LogP contribution in [0.25, 0.3) is 0 Å². The van der Waals surface area contributed by atoms with Crippen LogP contribution in [0.3, 0.4) is 0 Å². The lowest BCUT2D eigenvalue weighted by Crippen LogP contribution is -2.36. The van der Waals surface area contributed by atoms with Gasteiger partial charge in [0.1, 0.15) is 0 Å². The standard InChI is InChI=1S/C33H38/c1-21(2)28-9-10-29(20-28)33(30-14-22(3)11-23(4)15-30,31-16-24(5)12-25(6)17-31)32-18-26(7)13-27(8)19-32/h9-21,29H,1-8H3.